The standard InChI is InChI=1S/C8H18N2O4S/c1-6(14-2)7(9)8(11)10-4-5-15(3,12)13/h6-7H,4-5,9H2,1-3H3,(H,10,11)/t6-,7?/m1/s1. The molecule has 0 aromatic rings. The van der Waals surface area contributed by atoms with E-state index in [4.69, 9.17) is 10.5 Å². The lowest BCUT2D eigenvalue weighted by molar-refractivity contribution is -0.124. The number of sulfone groups is 1. The van der Waals surface area contributed by atoms with Crippen LogP contribution in [0.2, 0.25) is 0 Å². The maximum Gasteiger partial charge on any atom is 0.239 e. The molecule has 0 aliphatic rings. The maximum atomic E-state index is 11.3. The van der Waals surface area contributed by atoms with Gasteiger partial charge >= 0.3 is 0 Å². The van der Waals surface area contributed by atoms with Crippen molar-refractivity contribution in [1.29, 1.82) is 0 Å². The van der Waals surface area contributed by atoms with Gasteiger partial charge in [0.15, 0.2) is 0 Å². The van der Waals surface area contributed by atoms with Crippen LogP contribution >= 0.6 is 0 Å². The Bertz CT molecular complexity index is 302. The summed E-state index contributed by atoms with van der Waals surface area (Å²) in [6, 6.07) is -0.783. The number of amides is 1. The van der Waals surface area contributed by atoms with Crippen LogP contribution in [0.25, 0.3) is 0 Å². The summed E-state index contributed by atoms with van der Waals surface area (Å²) in [5.41, 5.74) is 5.53. The molecule has 7 heteroatoms. The number of nitrogens with one attached hydrogen (secondary N) is 1. The van der Waals surface area contributed by atoms with Gasteiger partial charge in [0.2, 0.25) is 5.91 Å². The molecule has 2 atom stereocenters. The Balaban J connectivity index is 3.94. The highest BCUT2D eigenvalue weighted by atomic mass is 32.2. The number of carbonyl (C=O) groups is 1. The molecule has 0 bridgehead atoms. The summed E-state index contributed by atoms with van der Waals surface area (Å²) in [5, 5.41) is 2.43. The Morgan fingerprint density at radius 3 is 2.47 bits per heavy atom. The fourth-order valence-electron chi connectivity index (χ4n) is 0.837. The molecule has 0 saturated heterocycles. The molecule has 1 unspecified atom stereocenters. The summed E-state index contributed by atoms with van der Waals surface area (Å²) in [6.45, 7) is 1.74. The van der Waals surface area contributed by atoms with Gasteiger partial charge in [-0.25, -0.2) is 8.42 Å². The average Bonchev–Trinajstić information content (AvgIpc) is 2.13. The minimum atomic E-state index is -3.06. The SMILES string of the molecule is CO[C@H](C)C(N)C(=O)NCCS(C)(=O)=O. The van der Waals surface area contributed by atoms with Crippen molar-refractivity contribution >= 4 is 15.7 Å². The van der Waals surface area contributed by atoms with Crippen molar-refractivity contribution < 1.29 is 17.9 Å². The third-order valence-electron chi connectivity index (χ3n) is 1.95. The summed E-state index contributed by atoms with van der Waals surface area (Å²) >= 11 is 0. The van der Waals surface area contributed by atoms with Crippen LogP contribution in [0.5, 0.6) is 0 Å². The van der Waals surface area contributed by atoms with E-state index in [1.54, 1.807) is 6.92 Å². The maximum absolute atomic E-state index is 11.3. The van der Waals surface area contributed by atoms with Gasteiger partial charge in [0.1, 0.15) is 15.9 Å². The molecule has 0 aromatic heterocycles. The first-order chi connectivity index (χ1) is 6.78. The molecular weight excluding hydrogens is 220 g/mol. The van der Waals surface area contributed by atoms with E-state index in [-0.39, 0.29) is 12.3 Å². The van der Waals surface area contributed by atoms with Crippen LogP contribution in [-0.2, 0) is 19.4 Å². The molecule has 6 nitrogen and oxygen atoms in total. The van der Waals surface area contributed by atoms with Crippen LogP contribution in [-0.4, -0.2) is 52.1 Å². The van der Waals surface area contributed by atoms with Crippen molar-refractivity contribution in [2.24, 2.45) is 5.73 Å². The van der Waals surface area contributed by atoms with Crippen molar-refractivity contribution in [3.05, 3.63) is 0 Å². The number of methoxy groups -OCH3 is 1. The Morgan fingerprint density at radius 2 is 2.07 bits per heavy atom. The number of carbonyl (C=O) groups excluding carboxylic acids is 1. The third-order valence-corrected chi connectivity index (χ3v) is 2.90. The van der Waals surface area contributed by atoms with Gasteiger partial charge in [0, 0.05) is 19.9 Å². The molecule has 90 valence electrons. The Hall–Kier alpha value is -0.660. The Morgan fingerprint density at radius 1 is 1.53 bits per heavy atom. The van der Waals surface area contributed by atoms with Crippen molar-refractivity contribution in [3.63, 3.8) is 0 Å². The van der Waals surface area contributed by atoms with Gasteiger partial charge in [0.05, 0.1) is 11.9 Å². The smallest absolute Gasteiger partial charge is 0.239 e. The lowest BCUT2D eigenvalue weighted by atomic mass is 10.2. The summed E-state index contributed by atoms with van der Waals surface area (Å²) in [7, 11) is -1.61. The molecule has 0 aliphatic heterocycles. The zero-order valence-electron chi connectivity index (χ0n) is 9.19. The van der Waals surface area contributed by atoms with E-state index in [0.717, 1.165) is 6.26 Å². The van der Waals surface area contributed by atoms with Gasteiger partial charge in [-0.05, 0) is 6.92 Å². The summed E-state index contributed by atoms with van der Waals surface area (Å²) in [6.07, 6.45) is 0.708. The largest absolute Gasteiger partial charge is 0.380 e. The van der Waals surface area contributed by atoms with E-state index in [9.17, 15) is 13.2 Å². The van der Waals surface area contributed by atoms with Crippen LogP contribution in [0.15, 0.2) is 0 Å². The third kappa shape index (κ3) is 6.43. The lowest BCUT2D eigenvalue weighted by Crippen LogP contribution is -2.48. The molecular formula is C8H18N2O4S. The van der Waals surface area contributed by atoms with Crippen molar-refractivity contribution in [2.45, 2.75) is 19.1 Å². The van der Waals surface area contributed by atoms with E-state index in [1.807, 2.05) is 0 Å². The number of hydrogen-bond donors (Lipinski definition) is 2. The molecule has 3 N–H and O–H groups in total. The lowest BCUT2D eigenvalue weighted by Gasteiger charge is -2.17. The van der Waals surface area contributed by atoms with Gasteiger partial charge in [0.25, 0.3) is 0 Å². The number of rotatable bonds is 6. The molecule has 0 rings (SSSR count). The van der Waals surface area contributed by atoms with Gasteiger partial charge in [-0.15, -0.1) is 0 Å². The highest BCUT2D eigenvalue weighted by molar-refractivity contribution is 7.90. The highest BCUT2D eigenvalue weighted by Gasteiger charge is 2.20. The minimum absolute atomic E-state index is 0.0712. The molecule has 0 fully saturated rings. The van der Waals surface area contributed by atoms with Crippen LogP contribution < -0.4 is 11.1 Å². The van der Waals surface area contributed by atoms with E-state index in [1.165, 1.54) is 7.11 Å². The second-order valence-corrected chi connectivity index (χ2v) is 5.65. The first kappa shape index (κ1) is 14.3. The molecule has 0 spiro atoms. The molecule has 0 aliphatic carbocycles. The van der Waals surface area contributed by atoms with Crippen LogP contribution in [0.3, 0.4) is 0 Å². The predicted molar refractivity (Wildman–Crippen MR) is 57.2 cm³/mol. The second-order valence-electron chi connectivity index (χ2n) is 3.39. The van der Waals surface area contributed by atoms with Crippen molar-refractivity contribution in [1.82, 2.24) is 5.32 Å². The number of hydrogen-bond acceptors (Lipinski definition) is 5. The average molecular weight is 238 g/mol. The predicted octanol–water partition coefficient (Wildman–Crippen LogP) is -1.49. The highest BCUT2D eigenvalue weighted by Crippen LogP contribution is 1.93. The summed E-state index contributed by atoms with van der Waals surface area (Å²) in [5.74, 6) is -0.500. The zero-order chi connectivity index (χ0) is 12.1. The Kier molecular flexibility index (Phi) is 5.77. The monoisotopic (exact) mass is 238 g/mol. The first-order valence-corrected chi connectivity index (χ1v) is 6.58. The van der Waals surface area contributed by atoms with Gasteiger partial charge in [-0.3, -0.25) is 4.79 Å². The van der Waals surface area contributed by atoms with Gasteiger partial charge in [-0.2, -0.15) is 0 Å². The number of ether oxygens (including phenoxy) is 1. The molecule has 0 heterocycles. The van der Waals surface area contributed by atoms with Crippen molar-refractivity contribution in [3.8, 4) is 0 Å². The molecule has 0 aromatic carbocycles. The molecule has 15 heavy (non-hydrogen) atoms. The van der Waals surface area contributed by atoms with E-state index in [0.29, 0.717) is 0 Å². The Labute approximate surface area is 90.1 Å². The summed E-state index contributed by atoms with van der Waals surface area (Å²) in [4.78, 5) is 11.3. The second kappa shape index (κ2) is 6.04. The van der Waals surface area contributed by atoms with E-state index >= 15 is 0 Å². The van der Waals surface area contributed by atoms with E-state index < -0.39 is 27.9 Å². The van der Waals surface area contributed by atoms with Crippen LogP contribution in [0, 0.1) is 0 Å². The van der Waals surface area contributed by atoms with Crippen LogP contribution in [0.4, 0.5) is 0 Å². The number of nitrogens with two attached hydrogens (primary N) is 1. The quantitative estimate of drug-likeness (QED) is 0.587. The minimum Gasteiger partial charge on any atom is -0.380 e. The first-order valence-electron chi connectivity index (χ1n) is 4.51. The normalized spacial score (nSPS) is 15.7. The topological polar surface area (TPSA) is 98.5 Å². The van der Waals surface area contributed by atoms with Gasteiger partial charge < -0.3 is 15.8 Å². The molecule has 1 amide bonds. The van der Waals surface area contributed by atoms with E-state index in [2.05, 4.69) is 5.32 Å². The van der Waals surface area contributed by atoms with Crippen molar-refractivity contribution in [2.75, 3.05) is 25.7 Å². The molecule has 0 radical (unpaired) electrons. The van der Waals surface area contributed by atoms with Gasteiger partial charge in [-0.1, -0.05) is 0 Å². The fourth-order valence-corrected chi connectivity index (χ4v) is 1.31. The zero-order valence-corrected chi connectivity index (χ0v) is 10.0. The molecule has 0 saturated carbocycles. The fraction of sp³-hybridized carbons (Fsp3) is 0.875. The summed E-state index contributed by atoms with van der Waals surface area (Å²) < 4.78 is 26.4. The van der Waals surface area contributed by atoms with Crippen LogP contribution in [0.1, 0.15) is 6.92 Å².